The molecule has 0 atom stereocenters. The molecule has 0 unspecified atom stereocenters. The van der Waals surface area contributed by atoms with Crippen molar-refractivity contribution in [2.24, 2.45) is 0 Å². The zero-order valence-corrected chi connectivity index (χ0v) is 33.6. The van der Waals surface area contributed by atoms with Crippen LogP contribution in [0.1, 0.15) is 80.3 Å². The second-order valence-corrected chi connectivity index (χ2v) is 14.1. The lowest BCUT2D eigenvalue weighted by Gasteiger charge is -2.11. The molecule has 2 aromatic heterocycles. The van der Waals surface area contributed by atoms with Crippen LogP contribution < -0.4 is 9.47 Å². The van der Waals surface area contributed by atoms with Gasteiger partial charge < -0.3 is 28.7 Å². The van der Waals surface area contributed by atoms with Crippen LogP contribution in [-0.4, -0.2) is 54.6 Å². The van der Waals surface area contributed by atoms with Crippen LogP contribution >= 0.6 is 0 Å². The Morgan fingerprint density at radius 2 is 1.10 bits per heavy atom. The van der Waals surface area contributed by atoms with E-state index in [4.69, 9.17) is 28.7 Å². The number of carbonyl (C=O) groups is 2. The molecule has 0 aliphatic heterocycles. The number of benzene rings is 4. The first-order chi connectivity index (χ1) is 28.3. The minimum Gasteiger partial charge on any atom is -0.490 e. The molecule has 6 rings (SSSR count). The standard InChI is InChI=1S/C23H23N3O4.C22H21N3O4/c1-14(2)29-20-11-10-17(12-18(20)13-24)23-25-22(26-30-23)19-8-4-6-16(15(19)3)7-5-9-21(27)28;1-13(2)28-19-9-7-16(11-17(19)12-23)22-24-21(25-29-22)18-6-4-5-15(14(18)3)8-10-20(26)27/h4,6,8,10-12,14H,5,7,9H2,1-3H3,(H,27,28);4-7,9,11,13H,8,10H2,1-3H3,(H,26,27). The summed E-state index contributed by atoms with van der Waals surface area (Å²) in [5.41, 5.74) is 7.56. The van der Waals surface area contributed by atoms with E-state index in [0.29, 0.717) is 76.4 Å². The molecule has 0 aliphatic rings. The van der Waals surface area contributed by atoms with Gasteiger partial charge in [0.15, 0.2) is 0 Å². The number of aromatic nitrogens is 4. The highest BCUT2D eigenvalue weighted by Gasteiger charge is 2.18. The Hall–Kier alpha value is -7.32. The molecule has 0 saturated heterocycles. The summed E-state index contributed by atoms with van der Waals surface area (Å²) in [6.07, 6.45) is 1.78. The van der Waals surface area contributed by atoms with E-state index in [1.165, 1.54) is 0 Å². The molecule has 0 aliphatic carbocycles. The Morgan fingerprint density at radius 3 is 1.51 bits per heavy atom. The average Bonchev–Trinajstić information content (AvgIpc) is 3.90. The summed E-state index contributed by atoms with van der Waals surface area (Å²) in [5.74, 6) is 0.854. The van der Waals surface area contributed by atoms with Crippen molar-refractivity contribution in [2.75, 3.05) is 0 Å². The average molecular weight is 797 g/mol. The van der Waals surface area contributed by atoms with Crippen molar-refractivity contribution in [3.05, 3.63) is 106 Å². The number of aryl methyl sites for hydroxylation is 2. The predicted octanol–water partition coefficient (Wildman–Crippen LogP) is 9.17. The number of rotatable bonds is 15. The SMILES string of the molecule is Cc1c(CCC(=O)O)cccc1-c1noc(-c2ccc(OC(C)C)c(C#N)c2)n1.Cc1c(CCCC(=O)O)cccc1-c1noc(-c2ccc(OC(C)C)c(C#N)c2)n1. The van der Waals surface area contributed by atoms with Gasteiger partial charge in [-0.2, -0.15) is 20.5 Å². The summed E-state index contributed by atoms with van der Waals surface area (Å²) in [5, 5.41) is 44.8. The van der Waals surface area contributed by atoms with Crippen molar-refractivity contribution in [1.82, 2.24) is 20.3 Å². The number of hydrogen-bond donors (Lipinski definition) is 2. The van der Waals surface area contributed by atoms with Gasteiger partial charge in [0, 0.05) is 35.1 Å². The summed E-state index contributed by atoms with van der Waals surface area (Å²) in [6, 6.07) is 26.0. The lowest BCUT2D eigenvalue weighted by atomic mass is 9.98. The van der Waals surface area contributed by atoms with E-state index in [2.05, 4.69) is 32.4 Å². The molecule has 59 heavy (non-hydrogen) atoms. The third-order valence-electron chi connectivity index (χ3n) is 9.09. The van der Waals surface area contributed by atoms with Crippen LogP contribution in [-0.2, 0) is 22.4 Å². The normalized spacial score (nSPS) is 10.7. The smallest absolute Gasteiger partial charge is 0.303 e. The molecule has 0 fully saturated rings. The highest BCUT2D eigenvalue weighted by molar-refractivity contribution is 5.70. The fourth-order valence-corrected chi connectivity index (χ4v) is 6.18. The van der Waals surface area contributed by atoms with E-state index in [1.54, 1.807) is 36.4 Å². The molecule has 0 bridgehead atoms. The molecule has 4 aromatic carbocycles. The molecule has 0 saturated carbocycles. The summed E-state index contributed by atoms with van der Waals surface area (Å²) in [7, 11) is 0. The van der Waals surface area contributed by atoms with E-state index in [0.717, 1.165) is 33.4 Å². The van der Waals surface area contributed by atoms with Crippen LogP contribution in [0.5, 0.6) is 11.5 Å². The first-order valence-corrected chi connectivity index (χ1v) is 19.0. The van der Waals surface area contributed by atoms with E-state index in [1.807, 2.05) is 77.9 Å². The fraction of sp³-hybridized carbons (Fsp3) is 0.289. The number of nitriles is 2. The molecule has 14 heteroatoms. The fourth-order valence-electron chi connectivity index (χ4n) is 6.18. The van der Waals surface area contributed by atoms with Crippen LogP contribution in [0.2, 0.25) is 0 Å². The third-order valence-corrected chi connectivity index (χ3v) is 9.09. The lowest BCUT2D eigenvalue weighted by molar-refractivity contribution is -0.138. The van der Waals surface area contributed by atoms with Crippen molar-refractivity contribution >= 4 is 11.9 Å². The summed E-state index contributed by atoms with van der Waals surface area (Å²) in [4.78, 5) is 30.6. The maximum atomic E-state index is 10.9. The molecule has 0 amide bonds. The Bertz CT molecular complexity index is 2520. The van der Waals surface area contributed by atoms with Crippen LogP contribution in [0, 0.1) is 36.5 Å². The summed E-state index contributed by atoms with van der Waals surface area (Å²) in [6.45, 7) is 11.5. The minimum absolute atomic E-state index is 0.0382. The zero-order chi connectivity index (χ0) is 42.6. The quantitative estimate of drug-likeness (QED) is 0.0990. The van der Waals surface area contributed by atoms with Crippen molar-refractivity contribution in [1.29, 1.82) is 10.5 Å². The van der Waals surface area contributed by atoms with Crippen LogP contribution in [0.15, 0.2) is 81.8 Å². The molecule has 2 heterocycles. The molecule has 0 radical (unpaired) electrons. The number of carboxylic acid groups (broad SMARTS) is 2. The van der Waals surface area contributed by atoms with Gasteiger partial charge in [-0.3, -0.25) is 9.59 Å². The van der Waals surface area contributed by atoms with Gasteiger partial charge in [-0.05, 0) is 119 Å². The van der Waals surface area contributed by atoms with E-state index in [-0.39, 0.29) is 25.0 Å². The number of ether oxygens (including phenoxy) is 2. The second-order valence-electron chi connectivity index (χ2n) is 14.1. The predicted molar refractivity (Wildman–Crippen MR) is 217 cm³/mol. The van der Waals surface area contributed by atoms with Gasteiger partial charge >= 0.3 is 11.9 Å². The van der Waals surface area contributed by atoms with E-state index in [9.17, 15) is 20.1 Å². The van der Waals surface area contributed by atoms with Gasteiger partial charge in [0.25, 0.3) is 11.8 Å². The maximum Gasteiger partial charge on any atom is 0.303 e. The highest BCUT2D eigenvalue weighted by Crippen LogP contribution is 2.32. The van der Waals surface area contributed by atoms with Gasteiger partial charge in [0.05, 0.1) is 23.3 Å². The van der Waals surface area contributed by atoms with Gasteiger partial charge in [0.1, 0.15) is 23.6 Å². The first kappa shape index (κ1) is 42.8. The highest BCUT2D eigenvalue weighted by atomic mass is 16.5. The molecular formula is C45H44N6O8. The molecular weight excluding hydrogens is 753 g/mol. The first-order valence-electron chi connectivity index (χ1n) is 19.0. The van der Waals surface area contributed by atoms with Gasteiger partial charge in [-0.25, -0.2) is 0 Å². The van der Waals surface area contributed by atoms with Gasteiger partial charge in [-0.15, -0.1) is 0 Å². The number of aliphatic carboxylic acids is 2. The van der Waals surface area contributed by atoms with Crippen LogP contribution in [0.4, 0.5) is 0 Å². The topological polar surface area (TPSA) is 218 Å². The van der Waals surface area contributed by atoms with Crippen LogP contribution in [0.25, 0.3) is 45.7 Å². The summed E-state index contributed by atoms with van der Waals surface area (Å²) < 4.78 is 22.1. The zero-order valence-electron chi connectivity index (χ0n) is 33.6. The van der Waals surface area contributed by atoms with Gasteiger partial charge in [0.2, 0.25) is 11.6 Å². The number of nitrogens with zero attached hydrogens (tertiary/aromatic N) is 6. The molecule has 14 nitrogen and oxygen atoms in total. The Balaban J connectivity index is 0.000000224. The lowest BCUT2D eigenvalue weighted by Crippen LogP contribution is -2.06. The minimum atomic E-state index is -0.838. The molecule has 6 aromatic rings. The Morgan fingerprint density at radius 1 is 0.661 bits per heavy atom. The van der Waals surface area contributed by atoms with Crippen molar-refractivity contribution < 1.29 is 38.3 Å². The van der Waals surface area contributed by atoms with Crippen LogP contribution in [0.3, 0.4) is 0 Å². The molecule has 2 N–H and O–H groups in total. The van der Waals surface area contributed by atoms with E-state index >= 15 is 0 Å². The molecule has 302 valence electrons. The number of hydrogen-bond acceptors (Lipinski definition) is 12. The van der Waals surface area contributed by atoms with E-state index < -0.39 is 11.9 Å². The third kappa shape index (κ3) is 11.2. The largest absolute Gasteiger partial charge is 0.490 e. The Labute approximate surface area is 341 Å². The monoisotopic (exact) mass is 796 g/mol. The van der Waals surface area contributed by atoms with Crippen molar-refractivity contribution in [2.45, 2.75) is 85.9 Å². The van der Waals surface area contributed by atoms with Crippen molar-refractivity contribution in [3.63, 3.8) is 0 Å². The van der Waals surface area contributed by atoms with Gasteiger partial charge in [-0.1, -0.05) is 46.7 Å². The maximum absolute atomic E-state index is 10.9. The Kier molecular flexibility index (Phi) is 14.3. The summed E-state index contributed by atoms with van der Waals surface area (Å²) >= 11 is 0. The second kappa shape index (κ2) is 19.7. The number of carboxylic acids is 2. The molecule has 0 spiro atoms. The van der Waals surface area contributed by atoms with Crippen molar-refractivity contribution in [3.8, 4) is 69.3 Å².